The minimum Gasteiger partial charge on any atom is -0.288 e. The molecule has 2 heterocycles. The van der Waals surface area contributed by atoms with Crippen molar-refractivity contribution in [3.8, 4) is 5.82 Å². The molecule has 0 aliphatic rings. The number of rotatable bonds is 4. The molecule has 0 saturated carbocycles. The van der Waals surface area contributed by atoms with Crippen LogP contribution in [0.3, 0.4) is 0 Å². The molecule has 0 aliphatic carbocycles. The Morgan fingerprint density at radius 3 is 2.46 bits per heavy atom. The minimum absolute atomic E-state index is 0.129. The highest BCUT2D eigenvalue weighted by Gasteiger charge is 2.24. The number of hydrogen-bond acceptors (Lipinski definition) is 5. The molecular weight excluding hydrogens is 340 g/mol. The largest absolute Gasteiger partial charge is 0.288 e. The van der Waals surface area contributed by atoms with Gasteiger partial charge in [-0.25, -0.2) is 32.2 Å². The van der Waals surface area contributed by atoms with Gasteiger partial charge in [0, 0.05) is 18.5 Å². The molecule has 0 unspecified atom stereocenters. The van der Waals surface area contributed by atoms with Gasteiger partial charge in [0.2, 0.25) is 0 Å². The maximum absolute atomic E-state index is 13.7. The smallest absolute Gasteiger partial charge is 0.268 e. The van der Waals surface area contributed by atoms with E-state index < -0.39 is 26.6 Å². The van der Waals surface area contributed by atoms with E-state index in [9.17, 15) is 17.2 Å². The molecule has 0 fully saturated rings. The number of nitrogens with zero attached hydrogens (tertiary/aromatic N) is 4. The van der Waals surface area contributed by atoms with Crippen molar-refractivity contribution in [3.05, 3.63) is 60.4 Å². The monoisotopic (exact) mass is 351 g/mol. The van der Waals surface area contributed by atoms with E-state index in [1.165, 1.54) is 6.07 Å². The van der Waals surface area contributed by atoms with Gasteiger partial charge < -0.3 is 0 Å². The van der Waals surface area contributed by atoms with Gasteiger partial charge in [0.1, 0.15) is 35.4 Å². The third-order valence-corrected chi connectivity index (χ3v) is 4.56. The molecule has 1 aromatic carbocycles. The van der Waals surface area contributed by atoms with Crippen LogP contribution in [-0.2, 0) is 10.0 Å². The third-order valence-electron chi connectivity index (χ3n) is 3.15. The molecule has 0 radical (unpaired) electrons. The van der Waals surface area contributed by atoms with Gasteiger partial charge in [0.25, 0.3) is 10.0 Å². The molecular formula is C14H11F2N5O2S. The summed E-state index contributed by atoms with van der Waals surface area (Å²) in [6, 6.07) is 4.12. The highest BCUT2D eigenvalue weighted by Crippen LogP contribution is 2.21. The van der Waals surface area contributed by atoms with Crippen molar-refractivity contribution in [3.63, 3.8) is 0 Å². The van der Waals surface area contributed by atoms with E-state index in [1.54, 1.807) is 23.9 Å². The number of imidazole rings is 1. The molecule has 0 spiro atoms. The zero-order chi connectivity index (χ0) is 17.3. The van der Waals surface area contributed by atoms with Gasteiger partial charge in [-0.05, 0) is 19.1 Å². The predicted octanol–water partition coefficient (Wildman–Crippen LogP) is 2.05. The number of aryl methyl sites for hydroxylation is 1. The maximum Gasteiger partial charge on any atom is 0.268 e. The first-order valence-corrected chi connectivity index (χ1v) is 8.16. The lowest BCUT2D eigenvalue weighted by Gasteiger charge is -2.10. The summed E-state index contributed by atoms with van der Waals surface area (Å²) in [5.74, 6) is -1.53. The highest BCUT2D eigenvalue weighted by atomic mass is 32.2. The summed E-state index contributed by atoms with van der Waals surface area (Å²) in [7, 11) is -4.49. The van der Waals surface area contributed by atoms with Crippen LogP contribution in [0.1, 0.15) is 5.82 Å². The van der Waals surface area contributed by atoms with Crippen molar-refractivity contribution in [2.75, 3.05) is 4.72 Å². The van der Waals surface area contributed by atoms with Crippen LogP contribution in [-0.4, -0.2) is 27.9 Å². The Hall–Kier alpha value is -2.88. The van der Waals surface area contributed by atoms with E-state index in [4.69, 9.17) is 0 Å². The van der Waals surface area contributed by atoms with E-state index in [-0.39, 0.29) is 5.82 Å². The standard InChI is InChI=1S/C14H11F2N5O2S/c1-9-17-5-6-21(9)13-7-12(18-8-19-13)20-24(22,23)14-10(15)3-2-4-11(14)16/h2-8H,1H3,(H,18,19,20). The van der Waals surface area contributed by atoms with Gasteiger partial charge >= 0.3 is 0 Å². The van der Waals surface area contributed by atoms with Crippen LogP contribution < -0.4 is 4.72 Å². The number of sulfonamides is 1. The predicted molar refractivity (Wildman–Crippen MR) is 81.1 cm³/mol. The first kappa shape index (κ1) is 16.0. The molecule has 24 heavy (non-hydrogen) atoms. The lowest BCUT2D eigenvalue weighted by Crippen LogP contribution is -2.17. The fraction of sp³-hybridized carbons (Fsp3) is 0.0714. The van der Waals surface area contributed by atoms with Crippen LogP contribution in [0.5, 0.6) is 0 Å². The molecule has 0 aliphatic heterocycles. The van der Waals surface area contributed by atoms with Crippen molar-refractivity contribution in [1.82, 2.24) is 19.5 Å². The Balaban J connectivity index is 1.98. The summed E-state index contributed by atoms with van der Waals surface area (Å²) in [6.07, 6.45) is 4.31. The number of nitrogens with one attached hydrogen (secondary N) is 1. The molecule has 0 bridgehead atoms. The summed E-state index contributed by atoms with van der Waals surface area (Å²) in [6.45, 7) is 1.74. The van der Waals surface area contributed by atoms with Gasteiger partial charge in [0.15, 0.2) is 4.90 Å². The Morgan fingerprint density at radius 2 is 1.83 bits per heavy atom. The summed E-state index contributed by atoms with van der Waals surface area (Å²) < 4.78 is 55.5. The van der Waals surface area contributed by atoms with Crippen LogP contribution >= 0.6 is 0 Å². The topological polar surface area (TPSA) is 89.8 Å². The van der Waals surface area contributed by atoms with Crippen LogP contribution in [0.4, 0.5) is 14.6 Å². The van der Waals surface area contributed by atoms with Crippen molar-refractivity contribution >= 4 is 15.8 Å². The number of aromatic nitrogens is 4. The second-order valence-electron chi connectivity index (χ2n) is 4.76. The number of anilines is 1. The first-order valence-electron chi connectivity index (χ1n) is 6.68. The fourth-order valence-corrected chi connectivity index (χ4v) is 3.22. The van der Waals surface area contributed by atoms with E-state index in [0.29, 0.717) is 11.6 Å². The Morgan fingerprint density at radius 1 is 1.12 bits per heavy atom. The third kappa shape index (κ3) is 2.95. The minimum atomic E-state index is -4.49. The molecule has 2 aromatic heterocycles. The van der Waals surface area contributed by atoms with Gasteiger partial charge in [-0.15, -0.1) is 0 Å². The molecule has 1 N–H and O–H groups in total. The van der Waals surface area contributed by atoms with Crippen LogP contribution in [0.15, 0.2) is 47.9 Å². The molecule has 3 rings (SSSR count). The Kier molecular flexibility index (Phi) is 3.97. The van der Waals surface area contributed by atoms with Gasteiger partial charge in [-0.3, -0.25) is 9.29 Å². The molecule has 10 heteroatoms. The number of hydrogen-bond donors (Lipinski definition) is 1. The van der Waals surface area contributed by atoms with Gasteiger partial charge in [-0.1, -0.05) is 6.07 Å². The summed E-state index contributed by atoms with van der Waals surface area (Å²) in [5, 5.41) is 0. The van der Waals surface area contributed by atoms with E-state index >= 15 is 0 Å². The average Bonchev–Trinajstić information content (AvgIpc) is 2.92. The SMILES string of the molecule is Cc1nccn1-c1cc(NS(=O)(=O)c2c(F)cccc2F)ncn1. The van der Waals surface area contributed by atoms with Crippen LogP contribution in [0, 0.1) is 18.6 Å². The van der Waals surface area contributed by atoms with Gasteiger partial charge in [0.05, 0.1) is 0 Å². The molecule has 0 amide bonds. The van der Waals surface area contributed by atoms with Crippen LogP contribution in [0.25, 0.3) is 5.82 Å². The molecule has 124 valence electrons. The summed E-state index contributed by atoms with van der Waals surface area (Å²) >= 11 is 0. The van der Waals surface area contributed by atoms with Crippen molar-refractivity contribution in [2.24, 2.45) is 0 Å². The zero-order valence-corrected chi connectivity index (χ0v) is 13.1. The van der Waals surface area contributed by atoms with E-state index in [1.807, 2.05) is 4.72 Å². The lowest BCUT2D eigenvalue weighted by atomic mass is 10.3. The zero-order valence-electron chi connectivity index (χ0n) is 12.3. The quantitative estimate of drug-likeness (QED) is 0.777. The Labute approximate surface area is 136 Å². The summed E-state index contributed by atoms with van der Waals surface area (Å²) in [5.41, 5.74) is 0. The normalized spacial score (nSPS) is 11.5. The van der Waals surface area contributed by atoms with Crippen LogP contribution in [0.2, 0.25) is 0 Å². The van der Waals surface area contributed by atoms with E-state index in [2.05, 4.69) is 15.0 Å². The lowest BCUT2D eigenvalue weighted by molar-refractivity contribution is 0.521. The van der Waals surface area contributed by atoms with Crippen molar-refractivity contribution in [2.45, 2.75) is 11.8 Å². The second kappa shape index (κ2) is 5.96. The molecule has 0 atom stereocenters. The Bertz CT molecular complexity index is 984. The molecule has 7 nitrogen and oxygen atoms in total. The average molecular weight is 351 g/mol. The molecule has 0 saturated heterocycles. The van der Waals surface area contributed by atoms with Gasteiger partial charge in [-0.2, -0.15) is 0 Å². The second-order valence-corrected chi connectivity index (χ2v) is 6.38. The van der Waals surface area contributed by atoms with Crippen molar-refractivity contribution < 1.29 is 17.2 Å². The fourth-order valence-electron chi connectivity index (χ4n) is 2.08. The highest BCUT2D eigenvalue weighted by molar-refractivity contribution is 7.92. The first-order chi connectivity index (χ1) is 11.4. The molecule has 3 aromatic rings. The number of halogens is 2. The van der Waals surface area contributed by atoms with E-state index in [0.717, 1.165) is 24.5 Å². The summed E-state index contributed by atoms with van der Waals surface area (Å²) in [4.78, 5) is 10.7. The number of benzene rings is 1. The van der Waals surface area contributed by atoms with Crippen molar-refractivity contribution in [1.29, 1.82) is 0 Å². The maximum atomic E-state index is 13.7.